The van der Waals surface area contributed by atoms with E-state index in [1.165, 1.54) is 39.5 Å². The number of nitrogens with zero attached hydrogens (tertiary/aromatic N) is 1. The van der Waals surface area contributed by atoms with Crippen LogP contribution in [-0.4, -0.2) is 30.9 Å². The van der Waals surface area contributed by atoms with E-state index in [0.29, 0.717) is 10.4 Å². The summed E-state index contributed by atoms with van der Waals surface area (Å²) in [5, 5.41) is 0. The van der Waals surface area contributed by atoms with Crippen LogP contribution in [0, 0.1) is 0 Å². The standard InChI is InChI=1S/C19H21NO3S/c1-20(2)18(21)17(13-8-4-3-5-9-13)23-19(22)16-12-14-10-6-7-11-15(14)24-16/h3-5,8-9,12,17H,6-7,10-11H2,1-2H3/t17-/m0/s1. The number of amides is 1. The number of carbonyl (C=O) groups excluding carboxylic acids is 2. The SMILES string of the molecule is CN(C)C(=O)[C@@H](OC(=O)c1cc2c(s1)CCCC2)c1ccccc1. The van der Waals surface area contributed by atoms with Crippen molar-refractivity contribution in [2.75, 3.05) is 14.1 Å². The van der Waals surface area contributed by atoms with Crippen molar-refractivity contribution >= 4 is 23.2 Å². The van der Waals surface area contributed by atoms with E-state index in [9.17, 15) is 9.59 Å². The molecule has 0 aliphatic heterocycles. The molecule has 1 amide bonds. The van der Waals surface area contributed by atoms with Crippen molar-refractivity contribution in [1.29, 1.82) is 0 Å². The van der Waals surface area contributed by atoms with Crippen molar-refractivity contribution < 1.29 is 14.3 Å². The van der Waals surface area contributed by atoms with E-state index < -0.39 is 12.1 Å². The van der Waals surface area contributed by atoms with Crippen LogP contribution in [0.3, 0.4) is 0 Å². The first-order valence-corrected chi connectivity index (χ1v) is 8.96. The number of likely N-dealkylation sites (N-methyl/N-ethyl adjacent to an activating group) is 1. The predicted octanol–water partition coefficient (Wildman–Crippen LogP) is 3.61. The van der Waals surface area contributed by atoms with Gasteiger partial charge in [-0.15, -0.1) is 11.3 Å². The minimum absolute atomic E-state index is 0.240. The van der Waals surface area contributed by atoms with Crippen LogP contribution in [0.15, 0.2) is 36.4 Å². The summed E-state index contributed by atoms with van der Waals surface area (Å²) in [6, 6.07) is 11.1. The molecule has 0 fully saturated rings. The van der Waals surface area contributed by atoms with Crippen molar-refractivity contribution in [3.8, 4) is 0 Å². The summed E-state index contributed by atoms with van der Waals surface area (Å²) in [4.78, 5) is 28.4. The Kier molecular flexibility index (Phi) is 5.00. The maximum atomic E-state index is 12.6. The molecule has 0 saturated carbocycles. The summed E-state index contributed by atoms with van der Waals surface area (Å²) >= 11 is 1.50. The van der Waals surface area contributed by atoms with E-state index in [-0.39, 0.29) is 5.91 Å². The van der Waals surface area contributed by atoms with Gasteiger partial charge in [0, 0.05) is 24.5 Å². The molecule has 1 aromatic carbocycles. The lowest BCUT2D eigenvalue weighted by Gasteiger charge is -2.20. The summed E-state index contributed by atoms with van der Waals surface area (Å²) in [6.07, 6.45) is 3.49. The zero-order chi connectivity index (χ0) is 17.1. The molecular weight excluding hydrogens is 322 g/mol. The van der Waals surface area contributed by atoms with Crippen LogP contribution in [0.1, 0.15) is 44.6 Å². The maximum absolute atomic E-state index is 12.6. The minimum atomic E-state index is -0.909. The van der Waals surface area contributed by atoms with Crippen molar-refractivity contribution in [2.45, 2.75) is 31.8 Å². The Bertz CT molecular complexity index is 713. The second-order valence-corrected chi connectivity index (χ2v) is 7.33. The molecule has 126 valence electrons. The van der Waals surface area contributed by atoms with Gasteiger partial charge in [-0.05, 0) is 37.3 Å². The van der Waals surface area contributed by atoms with Gasteiger partial charge in [0.25, 0.3) is 5.91 Å². The normalized spacial score (nSPS) is 14.6. The van der Waals surface area contributed by atoms with Gasteiger partial charge in [-0.1, -0.05) is 30.3 Å². The average Bonchev–Trinajstić information content (AvgIpc) is 3.04. The molecule has 1 atom stereocenters. The number of carbonyl (C=O) groups is 2. The van der Waals surface area contributed by atoms with E-state index in [1.54, 1.807) is 26.2 Å². The highest BCUT2D eigenvalue weighted by Crippen LogP contribution is 2.31. The van der Waals surface area contributed by atoms with Crippen LogP contribution < -0.4 is 0 Å². The molecule has 1 aliphatic rings. The maximum Gasteiger partial charge on any atom is 0.349 e. The summed E-state index contributed by atoms with van der Waals surface area (Å²) in [7, 11) is 3.33. The number of hydrogen-bond donors (Lipinski definition) is 0. The Hall–Kier alpha value is -2.14. The second kappa shape index (κ2) is 7.18. The number of hydrogen-bond acceptors (Lipinski definition) is 4. The van der Waals surface area contributed by atoms with Gasteiger partial charge in [0.15, 0.2) is 0 Å². The Morgan fingerprint density at radius 3 is 2.50 bits per heavy atom. The number of rotatable bonds is 4. The molecule has 1 aliphatic carbocycles. The lowest BCUT2D eigenvalue weighted by molar-refractivity contribution is -0.138. The Morgan fingerprint density at radius 1 is 1.12 bits per heavy atom. The molecule has 0 saturated heterocycles. The zero-order valence-electron chi connectivity index (χ0n) is 14.0. The van der Waals surface area contributed by atoms with E-state index in [2.05, 4.69) is 0 Å². The minimum Gasteiger partial charge on any atom is -0.443 e. The first kappa shape index (κ1) is 16.7. The summed E-state index contributed by atoms with van der Waals surface area (Å²) in [5.74, 6) is -0.658. The van der Waals surface area contributed by atoms with Crippen molar-refractivity contribution in [2.24, 2.45) is 0 Å². The topological polar surface area (TPSA) is 46.6 Å². The highest BCUT2D eigenvalue weighted by molar-refractivity contribution is 7.14. The molecule has 0 bridgehead atoms. The van der Waals surface area contributed by atoms with Gasteiger partial charge >= 0.3 is 5.97 Å². The third-order valence-electron chi connectivity index (χ3n) is 4.19. The lowest BCUT2D eigenvalue weighted by atomic mass is 9.99. The third-order valence-corrected chi connectivity index (χ3v) is 5.41. The molecule has 1 heterocycles. The van der Waals surface area contributed by atoms with Crippen LogP contribution in [0.2, 0.25) is 0 Å². The Balaban J connectivity index is 1.83. The van der Waals surface area contributed by atoms with E-state index in [4.69, 9.17) is 4.74 Å². The molecule has 24 heavy (non-hydrogen) atoms. The van der Waals surface area contributed by atoms with Gasteiger partial charge in [-0.3, -0.25) is 4.79 Å². The van der Waals surface area contributed by atoms with Crippen LogP contribution in [0.25, 0.3) is 0 Å². The predicted molar refractivity (Wildman–Crippen MR) is 94.3 cm³/mol. The van der Waals surface area contributed by atoms with Crippen molar-refractivity contribution in [3.05, 3.63) is 57.3 Å². The van der Waals surface area contributed by atoms with Crippen LogP contribution >= 0.6 is 11.3 Å². The molecule has 2 aromatic rings. The van der Waals surface area contributed by atoms with E-state index >= 15 is 0 Å². The number of aryl methyl sites for hydroxylation is 2. The number of esters is 1. The molecule has 4 nitrogen and oxygen atoms in total. The molecule has 3 rings (SSSR count). The summed E-state index contributed by atoms with van der Waals surface area (Å²) in [6.45, 7) is 0. The fourth-order valence-corrected chi connectivity index (χ4v) is 4.02. The van der Waals surface area contributed by atoms with Gasteiger partial charge in [-0.25, -0.2) is 4.79 Å². The fourth-order valence-electron chi connectivity index (χ4n) is 2.88. The molecule has 0 unspecified atom stereocenters. The van der Waals surface area contributed by atoms with Crippen LogP contribution in [0.4, 0.5) is 0 Å². The molecule has 0 spiro atoms. The van der Waals surface area contributed by atoms with Gasteiger partial charge in [0.1, 0.15) is 4.88 Å². The van der Waals surface area contributed by atoms with Gasteiger partial charge < -0.3 is 9.64 Å². The van der Waals surface area contributed by atoms with Crippen molar-refractivity contribution in [1.82, 2.24) is 4.90 Å². The first-order valence-electron chi connectivity index (χ1n) is 8.15. The first-order chi connectivity index (χ1) is 11.6. The van der Waals surface area contributed by atoms with Crippen LogP contribution in [0.5, 0.6) is 0 Å². The largest absolute Gasteiger partial charge is 0.443 e. The Morgan fingerprint density at radius 2 is 1.83 bits per heavy atom. The number of benzene rings is 1. The second-order valence-electron chi connectivity index (χ2n) is 6.19. The van der Waals surface area contributed by atoms with Crippen LogP contribution in [-0.2, 0) is 22.4 Å². The van der Waals surface area contributed by atoms with E-state index in [0.717, 1.165) is 12.8 Å². The molecule has 5 heteroatoms. The monoisotopic (exact) mass is 343 g/mol. The quantitative estimate of drug-likeness (QED) is 0.797. The molecular formula is C19H21NO3S. The molecule has 0 radical (unpaired) electrons. The van der Waals surface area contributed by atoms with Crippen molar-refractivity contribution in [3.63, 3.8) is 0 Å². The van der Waals surface area contributed by atoms with Gasteiger partial charge in [-0.2, -0.15) is 0 Å². The smallest absolute Gasteiger partial charge is 0.349 e. The third kappa shape index (κ3) is 3.51. The number of thiophene rings is 1. The molecule has 1 aromatic heterocycles. The zero-order valence-corrected chi connectivity index (χ0v) is 14.8. The lowest BCUT2D eigenvalue weighted by Crippen LogP contribution is -2.31. The fraction of sp³-hybridized carbons (Fsp3) is 0.368. The summed E-state index contributed by atoms with van der Waals surface area (Å²) < 4.78 is 5.60. The number of fused-ring (bicyclic) bond motifs is 1. The van der Waals surface area contributed by atoms with Gasteiger partial charge in [0.05, 0.1) is 0 Å². The summed E-state index contributed by atoms with van der Waals surface area (Å²) in [5.41, 5.74) is 1.94. The van der Waals surface area contributed by atoms with E-state index in [1.807, 2.05) is 24.3 Å². The molecule has 0 N–H and O–H groups in total. The highest BCUT2D eigenvalue weighted by atomic mass is 32.1. The Labute approximate surface area is 146 Å². The van der Waals surface area contributed by atoms with Gasteiger partial charge in [0.2, 0.25) is 6.10 Å². The highest BCUT2D eigenvalue weighted by Gasteiger charge is 2.28. The average molecular weight is 343 g/mol. The number of ether oxygens (including phenoxy) is 1.